The van der Waals surface area contributed by atoms with Crippen molar-refractivity contribution >= 4 is 55.4 Å². The maximum atomic E-state index is 13.4. The molecule has 4 fully saturated rings. The summed E-state index contributed by atoms with van der Waals surface area (Å²) in [5, 5.41) is 43.2. The van der Waals surface area contributed by atoms with Crippen LogP contribution in [-0.2, 0) is 58.3 Å². The van der Waals surface area contributed by atoms with Crippen molar-refractivity contribution in [3.63, 3.8) is 0 Å². The molecule has 2 N–H and O–H groups in total. The predicted molar refractivity (Wildman–Crippen MR) is 456 cm³/mol. The zero-order chi connectivity index (χ0) is 86.0. The Morgan fingerprint density at radius 2 is 0.702 bits per heavy atom. The summed E-state index contributed by atoms with van der Waals surface area (Å²) in [7, 11) is 0. The van der Waals surface area contributed by atoms with Crippen molar-refractivity contribution in [2.24, 2.45) is 5.16 Å². The zero-order valence-corrected chi connectivity index (χ0v) is 70.7. The molecule has 4 aromatic carbocycles. The van der Waals surface area contributed by atoms with Gasteiger partial charge in [-0.2, -0.15) is 0 Å². The predicted octanol–water partition coefficient (Wildman–Crippen LogP) is 13.1. The van der Waals surface area contributed by atoms with E-state index in [0.29, 0.717) is 139 Å². The Bertz CT molecular complexity index is 6230. The molecule has 652 valence electrons. The second kappa shape index (κ2) is 37.4. The fraction of sp³-hybridized carbons (Fsp3) is 0.500. The Hall–Kier alpha value is -11.1. The lowest BCUT2D eigenvalue weighted by Gasteiger charge is -2.31. The van der Waals surface area contributed by atoms with Crippen LogP contribution in [-0.4, -0.2) is 179 Å². The number of aliphatic hydroxyl groups is 1. The van der Waals surface area contributed by atoms with Gasteiger partial charge in [0.2, 0.25) is 0 Å². The minimum absolute atomic E-state index is 0.00237. The number of Topliss-reactive ketones (excluding diaryl/α,β-unsaturated/α-hetero) is 1. The molecule has 0 aliphatic carbocycles. The standard InChI is InChI=1S/C23H26FN5O3.C23H27FN4O3.C23H25FN4O3.C23H27FN4O2/c1-14-17(23(30)29-9-2-3-19(26-31)22(29)25-14)8-12-28-10-6-15(7-11-28)21-18-5-4-16(24)13-20(18)32-27-21;2*1-14-17(23(30)28-9-2-3-19(29)22(28)25-14)8-12-27-10-6-15(7-11-27)21-18-5-4-16(24)13-20(18)31-26-21;1-15-18(23(29)28-10-3-2-4-21(28)25-15)9-13-27-11-7-16(8-12-27)22-19-6-5-17(24)14-20(19)30-26-22/h4-5,13,15,31H,2-3,6-12H2,1H3;4-5,13,15,19,29H,2-3,6-12H2,1H3;4-5,13,15H,2-3,6-12H2,1H3;5-6,14,16H,2-4,7-13H2,1H3/b26-19-;;;. The average Bonchev–Trinajstić information content (AvgIpc) is 1.68. The summed E-state index contributed by atoms with van der Waals surface area (Å²) in [6, 6.07) is 18.3. The number of rotatable bonds is 16. The van der Waals surface area contributed by atoms with Crippen LogP contribution >= 0.6 is 0 Å². The van der Waals surface area contributed by atoms with Gasteiger partial charge >= 0.3 is 0 Å². The topological polar surface area (TPSA) is 327 Å². The van der Waals surface area contributed by atoms with Gasteiger partial charge < -0.3 is 48.0 Å². The number of aryl methyl sites for hydroxylation is 5. The highest BCUT2D eigenvalue weighted by atomic mass is 19.1. The molecule has 0 amide bonds. The molecule has 8 aliphatic heterocycles. The van der Waals surface area contributed by atoms with Crippen molar-refractivity contribution in [1.82, 2.24) is 78.4 Å². The molecule has 16 heterocycles. The van der Waals surface area contributed by atoms with E-state index in [1.807, 2.05) is 32.3 Å². The molecule has 4 saturated heterocycles. The van der Waals surface area contributed by atoms with Crippen molar-refractivity contribution < 1.29 is 50.8 Å². The number of halogens is 4. The van der Waals surface area contributed by atoms with E-state index < -0.39 is 6.10 Å². The number of hydrogen-bond donors (Lipinski definition) is 2. The number of hydrogen-bond acceptors (Lipinski definition) is 24. The van der Waals surface area contributed by atoms with Gasteiger partial charge in [0.1, 0.15) is 46.7 Å². The quantitative estimate of drug-likeness (QED) is 0.0515. The highest BCUT2D eigenvalue weighted by Gasteiger charge is 2.34. The van der Waals surface area contributed by atoms with E-state index >= 15 is 0 Å². The van der Waals surface area contributed by atoms with Crippen LogP contribution in [0.25, 0.3) is 43.9 Å². The molecule has 1 unspecified atom stereocenters. The largest absolute Gasteiger partial charge is 0.411 e. The molecule has 1 atom stereocenters. The lowest BCUT2D eigenvalue weighted by Crippen LogP contribution is -2.38. The number of carbonyl (C=O) groups excluding carboxylic acids is 1. The first-order valence-corrected chi connectivity index (χ1v) is 44.1. The minimum atomic E-state index is -0.641. The summed E-state index contributed by atoms with van der Waals surface area (Å²) in [6.07, 6.45) is 16.8. The second-order valence-corrected chi connectivity index (χ2v) is 34.5. The second-order valence-electron chi connectivity index (χ2n) is 34.5. The molecule has 124 heavy (non-hydrogen) atoms. The molecule has 0 bridgehead atoms. The van der Waals surface area contributed by atoms with Crippen molar-refractivity contribution in [3.8, 4) is 0 Å². The highest BCUT2D eigenvalue weighted by Crippen LogP contribution is 2.38. The molecule has 8 aliphatic rings. The molecular formula is C92H105F4N17O11. The maximum Gasteiger partial charge on any atom is 0.257 e. The molecule has 0 radical (unpaired) electrons. The summed E-state index contributed by atoms with van der Waals surface area (Å²) in [4.78, 5) is 91.7. The third-order valence-electron chi connectivity index (χ3n) is 26.8. The van der Waals surface area contributed by atoms with Gasteiger partial charge in [-0.15, -0.1) is 0 Å². The first-order valence-electron chi connectivity index (χ1n) is 44.1. The number of piperidine rings is 4. The number of likely N-dealkylation sites (tertiary alicyclic amines) is 4. The first-order chi connectivity index (χ1) is 60.2. The van der Waals surface area contributed by atoms with Gasteiger partial charge in [0.15, 0.2) is 39.8 Å². The number of aromatic nitrogens is 12. The first kappa shape index (κ1) is 85.1. The normalized spacial score (nSPS) is 18.8. The lowest BCUT2D eigenvalue weighted by atomic mass is 9.91. The molecule has 20 rings (SSSR count). The van der Waals surface area contributed by atoms with Crippen molar-refractivity contribution in [2.45, 2.75) is 218 Å². The molecule has 12 aromatic rings. The molecule has 0 spiro atoms. The van der Waals surface area contributed by atoms with E-state index in [1.165, 1.54) is 48.5 Å². The lowest BCUT2D eigenvalue weighted by molar-refractivity contribution is 0.0945. The van der Waals surface area contributed by atoms with Gasteiger partial charge in [-0.25, -0.2) is 37.5 Å². The molecule has 8 aromatic heterocycles. The Balaban J connectivity index is 0.000000117. The number of nitrogens with zero attached hydrogens (tertiary/aromatic N) is 17. The van der Waals surface area contributed by atoms with E-state index in [1.54, 1.807) is 38.0 Å². The van der Waals surface area contributed by atoms with Crippen molar-refractivity contribution in [1.29, 1.82) is 0 Å². The smallest absolute Gasteiger partial charge is 0.257 e. The number of benzene rings is 4. The van der Waals surface area contributed by atoms with Gasteiger partial charge in [0, 0.05) is 180 Å². The Morgan fingerprint density at radius 3 is 1.10 bits per heavy atom. The van der Waals surface area contributed by atoms with Crippen LogP contribution in [0.4, 0.5) is 17.6 Å². The molecule has 0 saturated carbocycles. The zero-order valence-electron chi connectivity index (χ0n) is 70.7. The van der Waals surface area contributed by atoms with Crippen molar-refractivity contribution in [3.05, 3.63) is 229 Å². The van der Waals surface area contributed by atoms with E-state index in [2.05, 4.69) is 60.3 Å². The average molecular weight is 1700 g/mol. The Kier molecular flexibility index (Phi) is 25.7. The van der Waals surface area contributed by atoms with Gasteiger partial charge in [-0.05, 0) is 251 Å². The van der Waals surface area contributed by atoms with Gasteiger partial charge in [-0.1, -0.05) is 25.8 Å². The molecule has 32 heteroatoms. The summed E-state index contributed by atoms with van der Waals surface area (Å²) in [6.45, 7) is 20.7. The maximum absolute atomic E-state index is 13.4. The summed E-state index contributed by atoms with van der Waals surface area (Å²) in [5.74, 6) is 2.16. The molecular weight excluding hydrogens is 1600 g/mol. The van der Waals surface area contributed by atoms with Crippen molar-refractivity contribution in [2.75, 3.05) is 78.5 Å². The van der Waals surface area contributed by atoms with Crippen LogP contribution < -0.4 is 22.2 Å². The summed E-state index contributed by atoms with van der Waals surface area (Å²) < 4.78 is 81.7. The summed E-state index contributed by atoms with van der Waals surface area (Å²) in [5.41, 5.74) is 12.3. The fourth-order valence-electron chi connectivity index (χ4n) is 19.7. The van der Waals surface area contributed by atoms with Crippen LogP contribution in [0, 0.1) is 51.0 Å². The van der Waals surface area contributed by atoms with E-state index in [9.17, 15) is 51.8 Å². The van der Waals surface area contributed by atoms with Crippen LogP contribution in [0.5, 0.6) is 0 Å². The number of carbonyl (C=O) groups is 1. The fourth-order valence-corrected chi connectivity index (χ4v) is 19.7. The number of fused-ring (bicyclic) bond motifs is 8. The Labute approximate surface area is 711 Å². The SMILES string of the molecule is Cc1nc2n(c(=O)c1CCN1CCC(c3noc4cc(F)ccc34)CC1)CCC/C2=N/O.Cc1nc2n(c(=O)c1CCN1CCC(c3noc4cc(F)ccc34)CC1)CCCC2.Cc1nc2n(c(=O)c1CCN1CCC(c3noc4cc(F)ccc34)CC1)CCCC2=O.Cc1nc2n(c(=O)c1CCN1CCC(c3noc4cc(F)ccc34)CC1)CCCC2O. The van der Waals surface area contributed by atoms with E-state index in [0.717, 1.165) is 253 Å². The van der Waals surface area contributed by atoms with Crippen LogP contribution in [0.1, 0.15) is 228 Å². The number of aliphatic hydroxyl groups excluding tert-OH is 1. The van der Waals surface area contributed by atoms with Crippen LogP contribution in [0.3, 0.4) is 0 Å². The van der Waals surface area contributed by atoms with Gasteiger partial charge in [0.25, 0.3) is 22.2 Å². The van der Waals surface area contributed by atoms with E-state index in [-0.39, 0.29) is 63.1 Å². The number of oxime groups is 1. The molecule has 28 nitrogen and oxygen atoms in total. The monoisotopic (exact) mass is 1700 g/mol. The van der Waals surface area contributed by atoms with Gasteiger partial charge in [-0.3, -0.25) is 42.2 Å². The number of ketones is 1. The van der Waals surface area contributed by atoms with Crippen LogP contribution in [0.15, 0.2) is 115 Å². The third-order valence-corrected chi connectivity index (χ3v) is 26.8. The Morgan fingerprint density at radius 1 is 0.371 bits per heavy atom. The minimum Gasteiger partial charge on any atom is -0.411 e. The van der Waals surface area contributed by atoms with E-state index in [4.69, 9.17) is 23.1 Å². The third kappa shape index (κ3) is 18.1. The highest BCUT2D eigenvalue weighted by molar-refractivity contribution is 5.97. The summed E-state index contributed by atoms with van der Waals surface area (Å²) >= 11 is 0. The van der Waals surface area contributed by atoms with Crippen LogP contribution in [0.2, 0.25) is 0 Å². The van der Waals surface area contributed by atoms with Gasteiger partial charge in [0.05, 0.1) is 22.8 Å².